The number of halogens is 4. The van der Waals surface area contributed by atoms with Crippen LogP contribution in [-0.2, 0) is 0 Å². The van der Waals surface area contributed by atoms with E-state index in [1.807, 2.05) is 0 Å². The van der Waals surface area contributed by atoms with Gasteiger partial charge in [-0.2, -0.15) is 4.39 Å². The van der Waals surface area contributed by atoms with E-state index in [2.05, 4.69) is 6.92 Å². The number of carbonyl (C=O) groups is 1. The minimum absolute atomic E-state index is 0.00580. The Hall–Kier alpha value is -3.35. The first-order valence-corrected chi connectivity index (χ1v) is 12.7. The Labute approximate surface area is 214 Å². The van der Waals surface area contributed by atoms with Crippen LogP contribution in [0.5, 0.6) is 11.5 Å². The third kappa shape index (κ3) is 5.81. The zero-order valence-corrected chi connectivity index (χ0v) is 21.0. The van der Waals surface area contributed by atoms with Crippen LogP contribution in [-0.4, -0.2) is 12.6 Å². The highest BCUT2D eigenvalue weighted by Gasteiger charge is 2.28. The summed E-state index contributed by atoms with van der Waals surface area (Å²) in [5.41, 5.74) is 0.156. The molecular formula is C30H30F4O3. The molecule has 0 radical (unpaired) electrons. The molecule has 0 bridgehead atoms. The van der Waals surface area contributed by atoms with Crippen molar-refractivity contribution in [3.63, 3.8) is 0 Å². The molecule has 3 aromatic rings. The Morgan fingerprint density at radius 2 is 1.51 bits per heavy atom. The van der Waals surface area contributed by atoms with Crippen molar-refractivity contribution < 1.29 is 31.8 Å². The topological polar surface area (TPSA) is 35.5 Å². The van der Waals surface area contributed by atoms with Crippen LogP contribution in [0.25, 0.3) is 11.1 Å². The van der Waals surface area contributed by atoms with Gasteiger partial charge in [-0.15, -0.1) is 0 Å². The molecule has 0 aliphatic heterocycles. The van der Waals surface area contributed by atoms with E-state index in [0.717, 1.165) is 38.5 Å². The van der Waals surface area contributed by atoms with Gasteiger partial charge in [0.15, 0.2) is 23.2 Å². The highest BCUT2D eigenvalue weighted by Crippen LogP contribution is 2.39. The summed E-state index contributed by atoms with van der Waals surface area (Å²) in [6, 6.07) is 11.1. The highest BCUT2D eigenvalue weighted by atomic mass is 19.2. The summed E-state index contributed by atoms with van der Waals surface area (Å²) in [5.74, 6) is -4.97. The molecule has 0 heterocycles. The highest BCUT2D eigenvalue weighted by molar-refractivity contribution is 5.91. The second kappa shape index (κ2) is 11.8. The molecule has 0 aromatic heterocycles. The molecule has 3 nitrogen and oxygen atoms in total. The lowest BCUT2D eigenvalue weighted by molar-refractivity contribution is 0.0728. The average molecular weight is 515 g/mol. The van der Waals surface area contributed by atoms with E-state index < -0.39 is 34.8 Å². The molecule has 0 amide bonds. The maximum atomic E-state index is 14.9. The van der Waals surface area contributed by atoms with Crippen LogP contribution in [0.15, 0.2) is 48.5 Å². The second-order valence-electron chi connectivity index (χ2n) is 9.42. The zero-order chi connectivity index (χ0) is 26.5. The molecule has 1 aliphatic rings. The first-order valence-electron chi connectivity index (χ1n) is 12.7. The fourth-order valence-corrected chi connectivity index (χ4v) is 5.09. The quantitative estimate of drug-likeness (QED) is 0.172. The summed E-state index contributed by atoms with van der Waals surface area (Å²) >= 11 is 0. The SMILES string of the molecule is CCCC1CCC(c2ccc(C(=O)Oc3ccc(-c4ccc(OCC)c(F)c4F)cc3)c(F)c2F)CC1. The molecular weight excluding hydrogens is 484 g/mol. The van der Waals surface area contributed by atoms with Gasteiger partial charge in [0.05, 0.1) is 12.2 Å². The van der Waals surface area contributed by atoms with Gasteiger partial charge >= 0.3 is 5.97 Å². The van der Waals surface area contributed by atoms with Crippen LogP contribution in [0, 0.1) is 29.2 Å². The fourth-order valence-electron chi connectivity index (χ4n) is 5.09. The summed E-state index contributed by atoms with van der Waals surface area (Å²) in [6.07, 6.45) is 5.86. The van der Waals surface area contributed by atoms with Gasteiger partial charge in [-0.25, -0.2) is 18.0 Å². The number of esters is 1. The van der Waals surface area contributed by atoms with E-state index in [4.69, 9.17) is 9.47 Å². The summed E-state index contributed by atoms with van der Waals surface area (Å²) in [7, 11) is 0. The Kier molecular flexibility index (Phi) is 8.52. The van der Waals surface area contributed by atoms with Crippen molar-refractivity contribution in [3.05, 3.63) is 82.9 Å². The van der Waals surface area contributed by atoms with Crippen molar-refractivity contribution in [2.45, 2.75) is 58.3 Å². The minimum atomic E-state index is -1.22. The van der Waals surface area contributed by atoms with Crippen molar-refractivity contribution in [1.29, 1.82) is 0 Å². The van der Waals surface area contributed by atoms with Gasteiger partial charge in [-0.1, -0.05) is 38.0 Å². The normalized spacial score (nSPS) is 17.5. The Bertz CT molecular complexity index is 1250. The summed E-state index contributed by atoms with van der Waals surface area (Å²) in [4.78, 5) is 12.6. The Morgan fingerprint density at radius 1 is 0.811 bits per heavy atom. The van der Waals surface area contributed by atoms with E-state index in [1.165, 1.54) is 48.5 Å². The number of hydrogen-bond donors (Lipinski definition) is 0. The van der Waals surface area contributed by atoms with Crippen molar-refractivity contribution in [2.24, 2.45) is 5.92 Å². The molecule has 0 unspecified atom stereocenters. The van der Waals surface area contributed by atoms with Crippen LogP contribution in [0.3, 0.4) is 0 Å². The van der Waals surface area contributed by atoms with E-state index >= 15 is 0 Å². The summed E-state index contributed by atoms with van der Waals surface area (Å²) in [6.45, 7) is 4.01. The summed E-state index contributed by atoms with van der Waals surface area (Å²) < 4.78 is 68.8. The molecule has 1 aliphatic carbocycles. The number of rotatable bonds is 8. The predicted molar refractivity (Wildman–Crippen MR) is 134 cm³/mol. The minimum Gasteiger partial charge on any atom is -0.491 e. The van der Waals surface area contributed by atoms with E-state index in [9.17, 15) is 22.4 Å². The molecule has 7 heteroatoms. The van der Waals surface area contributed by atoms with Gasteiger partial charge in [-0.3, -0.25) is 0 Å². The maximum Gasteiger partial charge on any atom is 0.346 e. The summed E-state index contributed by atoms with van der Waals surface area (Å²) in [5, 5.41) is 0. The first-order chi connectivity index (χ1) is 17.8. The molecule has 1 fully saturated rings. The number of ether oxygens (including phenoxy) is 2. The number of hydrogen-bond acceptors (Lipinski definition) is 3. The van der Waals surface area contributed by atoms with Crippen molar-refractivity contribution >= 4 is 5.97 Å². The van der Waals surface area contributed by atoms with Crippen LogP contribution in [0.4, 0.5) is 17.6 Å². The van der Waals surface area contributed by atoms with Crippen molar-refractivity contribution in [1.82, 2.24) is 0 Å². The molecule has 3 aromatic carbocycles. The van der Waals surface area contributed by atoms with Crippen LogP contribution < -0.4 is 9.47 Å². The third-order valence-electron chi connectivity index (χ3n) is 7.04. The van der Waals surface area contributed by atoms with Gasteiger partial charge < -0.3 is 9.47 Å². The van der Waals surface area contributed by atoms with Crippen LogP contribution in [0.1, 0.15) is 74.2 Å². The van der Waals surface area contributed by atoms with Crippen LogP contribution >= 0.6 is 0 Å². The van der Waals surface area contributed by atoms with Gasteiger partial charge in [0.25, 0.3) is 0 Å². The van der Waals surface area contributed by atoms with Crippen molar-refractivity contribution in [3.8, 4) is 22.6 Å². The lowest BCUT2D eigenvalue weighted by Crippen LogP contribution is -2.17. The number of carbonyl (C=O) groups excluding carboxylic acids is 1. The van der Waals surface area contributed by atoms with Crippen LogP contribution in [0.2, 0.25) is 0 Å². The molecule has 37 heavy (non-hydrogen) atoms. The lowest BCUT2D eigenvalue weighted by Gasteiger charge is -2.29. The lowest BCUT2D eigenvalue weighted by atomic mass is 9.77. The van der Waals surface area contributed by atoms with Gasteiger partial charge in [0.1, 0.15) is 5.75 Å². The molecule has 0 saturated heterocycles. The largest absolute Gasteiger partial charge is 0.491 e. The monoisotopic (exact) mass is 514 g/mol. The maximum absolute atomic E-state index is 14.9. The fraction of sp³-hybridized carbons (Fsp3) is 0.367. The van der Waals surface area contributed by atoms with E-state index in [0.29, 0.717) is 17.0 Å². The molecule has 0 atom stereocenters. The van der Waals surface area contributed by atoms with Gasteiger partial charge in [-0.05, 0) is 85.9 Å². The molecule has 0 N–H and O–H groups in total. The smallest absolute Gasteiger partial charge is 0.346 e. The third-order valence-corrected chi connectivity index (χ3v) is 7.04. The first kappa shape index (κ1) is 26.7. The number of benzene rings is 3. The van der Waals surface area contributed by atoms with E-state index in [-0.39, 0.29) is 29.6 Å². The standard InChI is InChI=1S/C30H30F4O3/c1-3-5-18-6-8-19(9-7-18)22-14-15-24(28(33)26(22)31)30(35)37-21-12-10-20(11-13-21)23-16-17-25(36-4-2)29(34)27(23)32/h10-19H,3-9H2,1-2H3. The molecule has 4 rings (SSSR count). The average Bonchev–Trinajstić information content (AvgIpc) is 2.90. The molecule has 0 spiro atoms. The zero-order valence-electron chi connectivity index (χ0n) is 21.0. The second-order valence-corrected chi connectivity index (χ2v) is 9.42. The van der Waals surface area contributed by atoms with E-state index in [1.54, 1.807) is 6.92 Å². The Morgan fingerprint density at radius 3 is 2.16 bits per heavy atom. The Balaban J connectivity index is 1.46. The molecule has 1 saturated carbocycles. The van der Waals surface area contributed by atoms with Crippen molar-refractivity contribution in [2.75, 3.05) is 6.61 Å². The van der Waals surface area contributed by atoms with Gasteiger partial charge in [0, 0.05) is 5.56 Å². The molecule has 196 valence electrons. The van der Waals surface area contributed by atoms with Gasteiger partial charge in [0.2, 0.25) is 5.82 Å². The predicted octanol–water partition coefficient (Wildman–Crippen LogP) is 8.60.